The summed E-state index contributed by atoms with van der Waals surface area (Å²) >= 11 is 1.48. The van der Waals surface area contributed by atoms with Crippen molar-refractivity contribution in [1.29, 1.82) is 0 Å². The van der Waals surface area contributed by atoms with Crippen LogP contribution in [0, 0.1) is 0 Å². The van der Waals surface area contributed by atoms with Gasteiger partial charge in [-0.25, -0.2) is 9.97 Å². The average molecular weight is 209 g/mol. The SMILES string of the molecule is CSc1ncc2c(n1)N(C)CCC2=O. The summed E-state index contributed by atoms with van der Waals surface area (Å²) in [6, 6.07) is 0. The van der Waals surface area contributed by atoms with E-state index in [1.807, 2.05) is 18.2 Å². The molecule has 0 spiro atoms. The molecule has 74 valence electrons. The second kappa shape index (κ2) is 3.57. The molecule has 0 saturated carbocycles. The summed E-state index contributed by atoms with van der Waals surface area (Å²) in [5.41, 5.74) is 0.650. The van der Waals surface area contributed by atoms with Crippen molar-refractivity contribution in [3.8, 4) is 0 Å². The molecule has 1 aliphatic rings. The maximum Gasteiger partial charge on any atom is 0.189 e. The third-order valence-electron chi connectivity index (χ3n) is 2.27. The largest absolute Gasteiger partial charge is 0.358 e. The van der Waals surface area contributed by atoms with Crippen LogP contribution in [0.15, 0.2) is 11.4 Å². The zero-order valence-corrected chi connectivity index (χ0v) is 8.97. The van der Waals surface area contributed by atoms with Gasteiger partial charge in [0, 0.05) is 26.2 Å². The zero-order chi connectivity index (χ0) is 10.1. The average Bonchev–Trinajstić information content (AvgIpc) is 2.23. The Kier molecular flexibility index (Phi) is 2.41. The summed E-state index contributed by atoms with van der Waals surface area (Å²) in [5, 5.41) is 0.713. The molecule has 0 fully saturated rings. The molecule has 1 aromatic rings. The lowest BCUT2D eigenvalue weighted by Crippen LogP contribution is -2.29. The van der Waals surface area contributed by atoms with E-state index in [0.29, 0.717) is 17.1 Å². The Labute approximate surface area is 86.7 Å². The third kappa shape index (κ3) is 1.48. The second-order valence-corrected chi connectivity index (χ2v) is 3.96. The Morgan fingerprint density at radius 2 is 2.36 bits per heavy atom. The number of hydrogen-bond donors (Lipinski definition) is 0. The molecule has 0 aromatic carbocycles. The molecule has 2 rings (SSSR count). The lowest BCUT2D eigenvalue weighted by molar-refractivity contribution is 0.0979. The van der Waals surface area contributed by atoms with Gasteiger partial charge in [-0.1, -0.05) is 11.8 Å². The molecule has 0 aliphatic carbocycles. The molecule has 5 heteroatoms. The van der Waals surface area contributed by atoms with E-state index in [1.54, 1.807) is 6.20 Å². The van der Waals surface area contributed by atoms with Crippen LogP contribution in [0.2, 0.25) is 0 Å². The van der Waals surface area contributed by atoms with E-state index >= 15 is 0 Å². The molecule has 14 heavy (non-hydrogen) atoms. The van der Waals surface area contributed by atoms with Crippen LogP contribution in [-0.2, 0) is 0 Å². The first-order valence-electron chi connectivity index (χ1n) is 4.37. The van der Waals surface area contributed by atoms with E-state index in [9.17, 15) is 4.79 Å². The van der Waals surface area contributed by atoms with Crippen LogP contribution in [-0.4, -0.2) is 35.6 Å². The molecule has 0 atom stereocenters. The second-order valence-electron chi connectivity index (χ2n) is 3.19. The van der Waals surface area contributed by atoms with Crippen LogP contribution in [0.5, 0.6) is 0 Å². The number of carbonyl (C=O) groups excluding carboxylic acids is 1. The van der Waals surface area contributed by atoms with E-state index in [-0.39, 0.29) is 5.78 Å². The van der Waals surface area contributed by atoms with Gasteiger partial charge in [0.15, 0.2) is 10.9 Å². The Balaban J connectivity index is 2.50. The monoisotopic (exact) mass is 209 g/mol. The van der Waals surface area contributed by atoms with Crippen molar-refractivity contribution in [2.24, 2.45) is 0 Å². The van der Waals surface area contributed by atoms with Crippen molar-refractivity contribution < 1.29 is 4.79 Å². The van der Waals surface area contributed by atoms with Crippen LogP contribution in [0.4, 0.5) is 5.82 Å². The van der Waals surface area contributed by atoms with Gasteiger partial charge in [-0.3, -0.25) is 4.79 Å². The molecule has 0 saturated heterocycles. The minimum absolute atomic E-state index is 0.144. The first-order chi connectivity index (χ1) is 6.72. The summed E-state index contributed by atoms with van der Waals surface area (Å²) in [5.74, 6) is 0.909. The number of ketones is 1. The zero-order valence-electron chi connectivity index (χ0n) is 8.15. The third-order valence-corrected chi connectivity index (χ3v) is 2.83. The van der Waals surface area contributed by atoms with E-state index in [4.69, 9.17) is 0 Å². The summed E-state index contributed by atoms with van der Waals surface area (Å²) in [4.78, 5) is 21.9. The van der Waals surface area contributed by atoms with Crippen LogP contribution in [0.1, 0.15) is 16.8 Å². The molecule has 0 bridgehead atoms. The molecule has 2 heterocycles. The molecule has 0 N–H and O–H groups in total. The maximum atomic E-state index is 11.5. The van der Waals surface area contributed by atoms with Gasteiger partial charge in [0.2, 0.25) is 0 Å². The number of anilines is 1. The van der Waals surface area contributed by atoms with Crippen molar-refractivity contribution in [2.75, 3.05) is 24.7 Å². The molecular weight excluding hydrogens is 198 g/mol. The van der Waals surface area contributed by atoms with Gasteiger partial charge in [0.25, 0.3) is 0 Å². The van der Waals surface area contributed by atoms with Crippen molar-refractivity contribution in [3.05, 3.63) is 11.8 Å². The number of thioether (sulfide) groups is 1. The number of hydrogen-bond acceptors (Lipinski definition) is 5. The quantitative estimate of drug-likeness (QED) is 0.514. The molecule has 0 amide bonds. The Hall–Kier alpha value is -1.10. The molecule has 1 aliphatic heterocycles. The topological polar surface area (TPSA) is 46.1 Å². The lowest BCUT2D eigenvalue weighted by Gasteiger charge is -2.24. The molecule has 1 aromatic heterocycles. The Bertz CT molecular complexity index is 380. The van der Waals surface area contributed by atoms with Gasteiger partial charge in [0.05, 0.1) is 5.56 Å². The summed E-state index contributed by atoms with van der Waals surface area (Å²) in [7, 11) is 1.95. The van der Waals surface area contributed by atoms with E-state index in [1.165, 1.54) is 11.8 Å². The van der Waals surface area contributed by atoms with Gasteiger partial charge in [-0.15, -0.1) is 0 Å². The first-order valence-corrected chi connectivity index (χ1v) is 5.60. The molecule has 0 unspecified atom stereocenters. The number of fused-ring (bicyclic) bond motifs is 1. The lowest BCUT2D eigenvalue weighted by atomic mass is 10.1. The van der Waals surface area contributed by atoms with Gasteiger partial charge >= 0.3 is 0 Å². The van der Waals surface area contributed by atoms with E-state index in [2.05, 4.69) is 9.97 Å². The maximum absolute atomic E-state index is 11.5. The van der Waals surface area contributed by atoms with Crippen molar-refractivity contribution in [2.45, 2.75) is 11.6 Å². The van der Waals surface area contributed by atoms with Crippen LogP contribution < -0.4 is 4.90 Å². The molecule has 0 radical (unpaired) electrons. The fourth-order valence-electron chi connectivity index (χ4n) is 1.45. The van der Waals surface area contributed by atoms with Gasteiger partial charge in [0.1, 0.15) is 5.82 Å². The Morgan fingerprint density at radius 1 is 1.57 bits per heavy atom. The Morgan fingerprint density at radius 3 is 3.07 bits per heavy atom. The highest BCUT2D eigenvalue weighted by Crippen LogP contribution is 2.24. The molecule has 4 nitrogen and oxygen atoms in total. The van der Waals surface area contributed by atoms with Crippen LogP contribution >= 0.6 is 11.8 Å². The van der Waals surface area contributed by atoms with Gasteiger partial charge in [-0.05, 0) is 6.26 Å². The van der Waals surface area contributed by atoms with Gasteiger partial charge < -0.3 is 4.90 Å². The number of rotatable bonds is 1. The van der Waals surface area contributed by atoms with Gasteiger partial charge in [-0.2, -0.15) is 0 Å². The van der Waals surface area contributed by atoms with E-state index in [0.717, 1.165) is 12.4 Å². The predicted octanol–water partition coefficient (Wildman–Crippen LogP) is 1.22. The number of Topliss-reactive ketones (excluding diaryl/α,β-unsaturated/α-hetero) is 1. The normalized spacial score (nSPS) is 15.6. The fraction of sp³-hybridized carbons (Fsp3) is 0.444. The predicted molar refractivity (Wildman–Crippen MR) is 56.0 cm³/mol. The highest BCUT2D eigenvalue weighted by atomic mass is 32.2. The number of nitrogens with zero attached hydrogens (tertiary/aromatic N) is 3. The molecular formula is C9H11N3OS. The van der Waals surface area contributed by atoms with E-state index < -0.39 is 0 Å². The first kappa shape index (κ1) is 9.45. The summed E-state index contributed by atoms with van der Waals surface area (Å²) in [6.45, 7) is 0.747. The number of aromatic nitrogens is 2. The summed E-state index contributed by atoms with van der Waals surface area (Å²) < 4.78 is 0. The van der Waals surface area contributed by atoms with Crippen LogP contribution in [0.25, 0.3) is 0 Å². The summed E-state index contributed by atoms with van der Waals surface area (Å²) in [6.07, 6.45) is 4.12. The standard InChI is InChI=1S/C9H11N3OS/c1-12-4-3-7(13)6-5-10-9(14-2)11-8(6)12/h5H,3-4H2,1-2H3. The highest BCUT2D eigenvalue weighted by molar-refractivity contribution is 7.98. The highest BCUT2D eigenvalue weighted by Gasteiger charge is 2.22. The fourth-order valence-corrected chi connectivity index (χ4v) is 1.79. The number of carbonyl (C=O) groups is 1. The smallest absolute Gasteiger partial charge is 0.189 e. The minimum atomic E-state index is 0.144. The minimum Gasteiger partial charge on any atom is -0.358 e. The van der Waals surface area contributed by atoms with Crippen LogP contribution in [0.3, 0.4) is 0 Å². The van der Waals surface area contributed by atoms with Crippen molar-refractivity contribution in [3.63, 3.8) is 0 Å². The van der Waals surface area contributed by atoms with Crippen molar-refractivity contribution in [1.82, 2.24) is 9.97 Å². The van der Waals surface area contributed by atoms with Crippen molar-refractivity contribution >= 4 is 23.4 Å².